The van der Waals surface area contributed by atoms with Crippen LogP contribution in [0.15, 0.2) is 42.5 Å². The third-order valence-electron chi connectivity index (χ3n) is 7.04. The molecule has 0 aliphatic heterocycles. The van der Waals surface area contributed by atoms with E-state index in [-0.39, 0.29) is 28.3 Å². The lowest BCUT2D eigenvalue weighted by Crippen LogP contribution is -2.38. The lowest BCUT2D eigenvalue weighted by atomic mass is 9.66. The third-order valence-corrected chi connectivity index (χ3v) is 7.04. The van der Waals surface area contributed by atoms with Crippen molar-refractivity contribution in [3.63, 3.8) is 0 Å². The topological polar surface area (TPSA) is 81.8 Å². The zero-order valence-electron chi connectivity index (χ0n) is 16.6. The molecule has 2 atom stereocenters. The number of hydrogen-bond acceptors (Lipinski definition) is 4. The molecule has 1 saturated carbocycles. The summed E-state index contributed by atoms with van der Waals surface area (Å²) in [4.78, 5) is 16.3. The molecule has 0 saturated heterocycles. The highest BCUT2D eigenvalue weighted by atomic mass is 19.1. The van der Waals surface area contributed by atoms with Crippen molar-refractivity contribution in [1.82, 2.24) is 15.2 Å². The fraction of sp³-hybridized carbons (Fsp3) is 0.304. The number of nitrogens with two attached hydrogens (primary N) is 1. The predicted octanol–water partition coefficient (Wildman–Crippen LogP) is 4.12. The van der Waals surface area contributed by atoms with E-state index in [1.165, 1.54) is 18.2 Å². The molecule has 1 amide bonds. The van der Waals surface area contributed by atoms with Crippen LogP contribution >= 0.6 is 0 Å². The van der Waals surface area contributed by atoms with Crippen molar-refractivity contribution in [3.05, 3.63) is 76.7 Å². The summed E-state index contributed by atoms with van der Waals surface area (Å²) in [5.41, 5.74) is 7.28. The van der Waals surface area contributed by atoms with E-state index in [0.717, 1.165) is 29.8 Å². The molecule has 1 aromatic carbocycles. The van der Waals surface area contributed by atoms with Crippen molar-refractivity contribution in [3.8, 4) is 11.3 Å². The zero-order chi connectivity index (χ0) is 21.3. The summed E-state index contributed by atoms with van der Waals surface area (Å²) >= 11 is 0. The van der Waals surface area contributed by atoms with Gasteiger partial charge < -0.3 is 5.73 Å². The molecule has 2 aromatic heterocycles. The average Bonchev–Trinajstić information content (AvgIpc) is 3.09. The Hall–Kier alpha value is -3.22. The highest BCUT2D eigenvalue weighted by Gasteiger charge is 2.65. The summed E-state index contributed by atoms with van der Waals surface area (Å²) in [6.45, 7) is 4.29. The highest BCUT2D eigenvalue weighted by Crippen LogP contribution is 2.69. The van der Waals surface area contributed by atoms with Gasteiger partial charge in [0, 0.05) is 0 Å². The average molecular weight is 406 g/mol. The Morgan fingerprint density at radius 3 is 2.50 bits per heavy atom. The first-order chi connectivity index (χ1) is 14.3. The Kier molecular flexibility index (Phi) is 3.84. The van der Waals surface area contributed by atoms with Gasteiger partial charge in [-0.05, 0) is 60.1 Å². The van der Waals surface area contributed by atoms with E-state index in [2.05, 4.69) is 29.0 Å². The molecule has 2 aliphatic carbocycles. The maximum atomic E-state index is 14.3. The molecule has 7 heteroatoms. The van der Waals surface area contributed by atoms with Crippen LogP contribution in [0.5, 0.6) is 0 Å². The second kappa shape index (κ2) is 6.14. The first kappa shape index (κ1) is 18.8. The number of carbonyl (C=O) groups excluding carboxylic acids is 1. The number of nitrogens with zero attached hydrogens (tertiary/aromatic N) is 3. The molecule has 152 valence electrons. The normalized spacial score (nSPS) is 23.4. The first-order valence-electron chi connectivity index (χ1n) is 9.87. The van der Waals surface area contributed by atoms with Crippen LogP contribution in [0.25, 0.3) is 11.3 Å². The number of benzene rings is 1. The van der Waals surface area contributed by atoms with Crippen molar-refractivity contribution >= 4 is 5.91 Å². The zero-order valence-corrected chi connectivity index (χ0v) is 16.6. The monoisotopic (exact) mass is 406 g/mol. The Bertz CT molecular complexity index is 1190. The molecular weight excluding hydrogens is 386 g/mol. The maximum absolute atomic E-state index is 14.3. The quantitative estimate of drug-likeness (QED) is 0.709. The maximum Gasteiger partial charge on any atom is 0.267 e. The number of primary amides is 1. The molecule has 2 heterocycles. The molecule has 2 aliphatic rings. The molecule has 0 unspecified atom stereocenters. The van der Waals surface area contributed by atoms with Gasteiger partial charge in [0.1, 0.15) is 17.3 Å². The molecule has 5 nitrogen and oxygen atoms in total. The summed E-state index contributed by atoms with van der Waals surface area (Å²) in [6, 6.07) is 10.8. The molecule has 0 spiro atoms. The van der Waals surface area contributed by atoms with E-state index in [9.17, 15) is 13.6 Å². The standard InChI is InChI=1S/C23H20F2N4O/c1-22(2)13-9-10-23(22,18-8-4-7-16(27-18)21(26)30)20-12(13)11-17(28-29-20)19-14(24)5-3-6-15(19)25/h3-8,11,13H,9-10H2,1-2H3,(H2,26,30)/t13-,23+/m1/s1. The Morgan fingerprint density at radius 1 is 1.10 bits per heavy atom. The van der Waals surface area contributed by atoms with Crippen LogP contribution in [-0.4, -0.2) is 21.1 Å². The van der Waals surface area contributed by atoms with Gasteiger partial charge in [0.2, 0.25) is 0 Å². The van der Waals surface area contributed by atoms with E-state index in [4.69, 9.17) is 5.73 Å². The minimum Gasteiger partial charge on any atom is -0.364 e. The summed E-state index contributed by atoms with van der Waals surface area (Å²) in [7, 11) is 0. The SMILES string of the molecule is CC1(C)[C@@H]2CC[C@]1(c1cccc(C(N)=O)n1)c1nnc(-c3c(F)cccc3F)cc12. The van der Waals surface area contributed by atoms with Crippen molar-refractivity contribution in [2.75, 3.05) is 0 Å². The summed E-state index contributed by atoms with van der Waals surface area (Å²) in [6.07, 6.45) is 1.68. The van der Waals surface area contributed by atoms with Crippen molar-refractivity contribution in [1.29, 1.82) is 0 Å². The van der Waals surface area contributed by atoms with Crippen LogP contribution in [0.3, 0.4) is 0 Å². The van der Waals surface area contributed by atoms with Gasteiger partial charge in [-0.15, -0.1) is 5.10 Å². The molecule has 5 rings (SSSR count). The number of aromatic nitrogens is 3. The smallest absolute Gasteiger partial charge is 0.267 e. The van der Waals surface area contributed by atoms with Gasteiger partial charge >= 0.3 is 0 Å². The van der Waals surface area contributed by atoms with Crippen LogP contribution in [0.1, 0.15) is 60.0 Å². The highest BCUT2D eigenvalue weighted by molar-refractivity contribution is 5.90. The number of halogens is 2. The largest absolute Gasteiger partial charge is 0.364 e. The van der Waals surface area contributed by atoms with E-state index in [1.807, 2.05) is 6.07 Å². The number of rotatable bonds is 3. The third kappa shape index (κ3) is 2.26. The van der Waals surface area contributed by atoms with Crippen LogP contribution in [0.2, 0.25) is 0 Å². The molecule has 2 N–H and O–H groups in total. The van der Waals surface area contributed by atoms with Gasteiger partial charge in [0.15, 0.2) is 0 Å². The Morgan fingerprint density at radius 2 is 1.80 bits per heavy atom. The van der Waals surface area contributed by atoms with Gasteiger partial charge in [0.25, 0.3) is 5.91 Å². The van der Waals surface area contributed by atoms with Gasteiger partial charge in [-0.3, -0.25) is 4.79 Å². The van der Waals surface area contributed by atoms with Crippen LogP contribution in [0, 0.1) is 17.0 Å². The van der Waals surface area contributed by atoms with E-state index in [0.29, 0.717) is 0 Å². The number of hydrogen-bond donors (Lipinski definition) is 1. The van der Waals surface area contributed by atoms with Crippen molar-refractivity contribution in [2.45, 2.75) is 38.0 Å². The number of amides is 1. The Labute approximate surface area is 172 Å². The minimum absolute atomic E-state index is 0.135. The molecule has 30 heavy (non-hydrogen) atoms. The van der Waals surface area contributed by atoms with E-state index >= 15 is 0 Å². The number of fused-ring (bicyclic) bond motifs is 5. The van der Waals surface area contributed by atoms with Gasteiger partial charge in [-0.1, -0.05) is 26.0 Å². The fourth-order valence-corrected chi connectivity index (χ4v) is 5.57. The van der Waals surface area contributed by atoms with Gasteiger partial charge in [0.05, 0.1) is 28.1 Å². The number of pyridine rings is 1. The number of carbonyl (C=O) groups is 1. The van der Waals surface area contributed by atoms with Crippen LogP contribution < -0.4 is 5.73 Å². The molecule has 3 aromatic rings. The van der Waals surface area contributed by atoms with Crippen LogP contribution in [-0.2, 0) is 5.41 Å². The lowest BCUT2D eigenvalue weighted by molar-refractivity contribution is 0.0994. The van der Waals surface area contributed by atoms with E-state index in [1.54, 1.807) is 18.2 Å². The molecular formula is C23H20F2N4O. The predicted molar refractivity (Wildman–Crippen MR) is 107 cm³/mol. The van der Waals surface area contributed by atoms with Gasteiger partial charge in [-0.25, -0.2) is 13.8 Å². The molecule has 1 fully saturated rings. The van der Waals surface area contributed by atoms with E-state index < -0.39 is 23.0 Å². The summed E-state index contributed by atoms with van der Waals surface area (Å²) < 4.78 is 28.7. The fourth-order valence-electron chi connectivity index (χ4n) is 5.57. The molecule has 0 radical (unpaired) electrons. The summed E-state index contributed by atoms with van der Waals surface area (Å²) in [5.74, 6) is -1.79. The summed E-state index contributed by atoms with van der Waals surface area (Å²) in [5, 5.41) is 8.68. The van der Waals surface area contributed by atoms with Crippen LogP contribution in [0.4, 0.5) is 8.78 Å². The first-order valence-corrected chi connectivity index (χ1v) is 9.87. The second-order valence-electron chi connectivity index (χ2n) is 8.62. The minimum atomic E-state index is -0.669. The second-order valence-corrected chi connectivity index (χ2v) is 8.62. The molecule has 2 bridgehead atoms. The lowest BCUT2D eigenvalue weighted by Gasteiger charge is -2.37. The Balaban J connectivity index is 1.72. The van der Waals surface area contributed by atoms with Crippen molar-refractivity contribution < 1.29 is 13.6 Å². The van der Waals surface area contributed by atoms with Gasteiger partial charge in [-0.2, -0.15) is 5.10 Å². The van der Waals surface area contributed by atoms with Crippen molar-refractivity contribution in [2.24, 2.45) is 11.1 Å².